The molecule has 10 nitrogen and oxygen atoms in total. The number of aryl methyl sites for hydroxylation is 1. The summed E-state index contributed by atoms with van der Waals surface area (Å²) in [6.45, 7) is 3.26. The third kappa shape index (κ3) is 5.36. The Labute approximate surface area is 182 Å². The lowest BCUT2D eigenvalue weighted by atomic mass is 10.1. The second kappa shape index (κ2) is 9.84. The number of carbonyl (C=O) groups excluding carboxylic acids is 2. The van der Waals surface area contributed by atoms with Gasteiger partial charge in [-0.1, -0.05) is 5.16 Å². The number of cyclic esters (lactones) is 1. The largest absolute Gasteiger partial charge is 0.508 e. The van der Waals surface area contributed by atoms with Crippen molar-refractivity contribution in [2.45, 2.75) is 32.4 Å². The molecule has 0 unspecified atom stereocenters. The molecule has 2 heterocycles. The van der Waals surface area contributed by atoms with Crippen LogP contribution in [-0.4, -0.2) is 52.6 Å². The second-order valence-corrected chi connectivity index (χ2v) is 7.86. The van der Waals surface area contributed by atoms with Crippen LogP contribution in [-0.2, 0) is 14.3 Å². The maximum Gasteiger partial charge on any atom is 0.334 e. The van der Waals surface area contributed by atoms with Gasteiger partial charge in [0.25, 0.3) is 0 Å². The number of methoxy groups -OCH3 is 1. The van der Waals surface area contributed by atoms with Crippen molar-refractivity contribution in [3.8, 4) is 11.5 Å². The van der Waals surface area contributed by atoms with Crippen LogP contribution in [0.3, 0.4) is 0 Å². The van der Waals surface area contributed by atoms with Gasteiger partial charge in [-0.2, -0.15) is 4.98 Å². The van der Waals surface area contributed by atoms with Gasteiger partial charge in [-0.15, -0.1) is 11.8 Å². The minimum absolute atomic E-state index is 0.0157. The van der Waals surface area contributed by atoms with Crippen LogP contribution in [0, 0.1) is 6.92 Å². The summed E-state index contributed by atoms with van der Waals surface area (Å²) in [5, 5.41) is 19.5. The molecule has 0 spiro atoms. The van der Waals surface area contributed by atoms with Crippen molar-refractivity contribution in [3.05, 3.63) is 34.3 Å². The van der Waals surface area contributed by atoms with Gasteiger partial charge in [-0.05, 0) is 30.5 Å². The lowest BCUT2D eigenvalue weighted by Crippen LogP contribution is -2.43. The number of aromatic hydroxyl groups is 1. The highest BCUT2D eigenvalue weighted by Gasteiger charge is 2.24. The van der Waals surface area contributed by atoms with Gasteiger partial charge < -0.3 is 30.2 Å². The van der Waals surface area contributed by atoms with E-state index in [1.807, 2.05) is 0 Å². The van der Waals surface area contributed by atoms with E-state index >= 15 is 0 Å². The molecule has 0 aliphatic carbocycles. The summed E-state index contributed by atoms with van der Waals surface area (Å²) in [5.41, 5.74) is 6.26. The fourth-order valence-corrected chi connectivity index (χ4v) is 3.92. The topological polar surface area (TPSA) is 150 Å². The van der Waals surface area contributed by atoms with Gasteiger partial charge in [0.05, 0.1) is 19.8 Å². The number of nitrogens with zero attached hydrogens (tertiary/aromatic N) is 2. The Balaban J connectivity index is 2.09. The smallest absolute Gasteiger partial charge is 0.334 e. The molecule has 1 aromatic heterocycles. The zero-order valence-corrected chi connectivity index (χ0v) is 18.2. The SMILES string of the molecule is COc1cc(O)cc2c1=C(C)C(=O)OCC[C@H](N)C(=O)N[C@H](c1nc(C)no1)CSC=2. The van der Waals surface area contributed by atoms with Crippen molar-refractivity contribution < 1.29 is 28.7 Å². The Bertz CT molecular complexity index is 1100. The molecule has 11 heteroatoms. The number of benzene rings is 1. The Morgan fingerprint density at radius 2 is 2.10 bits per heavy atom. The highest BCUT2D eigenvalue weighted by atomic mass is 32.2. The molecule has 1 amide bonds. The average Bonchev–Trinajstić information content (AvgIpc) is 3.17. The third-order valence-electron chi connectivity index (χ3n) is 4.65. The lowest BCUT2D eigenvalue weighted by Gasteiger charge is -2.18. The molecule has 3 rings (SSSR count). The van der Waals surface area contributed by atoms with E-state index in [0.29, 0.717) is 33.3 Å². The maximum atomic E-state index is 12.6. The van der Waals surface area contributed by atoms with Crippen molar-refractivity contribution >= 4 is 34.6 Å². The first-order chi connectivity index (χ1) is 14.8. The molecular weight excluding hydrogens is 424 g/mol. The molecule has 1 aromatic carbocycles. The quantitative estimate of drug-likeness (QED) is 0.530. The van der Waals surface area contributed by atoms with E-state index < -0.39 is 24.0 Å². The van der Waals surface area contributed by atoms with Crippen LogP contribution in [0.4, 0.5) is 0 Å². The van der Waals surface area contributed by atoms with E-state index in [1.165, 1.54) is 31.0 Å². The molecule has 1 aliphatic rings. The van der Waals surface area contributed by atoms with E-state index in [1.54, 1.807) is 19.3 Å². The summed E-state index contributed by atoms with van der Waals surface area (Å²) in [7, 11) is 1.45. The number of nitrogens with two attached hydrogens (primary N) is 1. The molecule has 0 fully saturated rings. The van der Waals surface area contributed by atoms with Gasteiger partial charge >= 0.3 is 5.97 Å². The number of hydrogen-bond donors (Lipinski definition) is 3. The molecule has 166 valence electrons. The van der Waals surface area contributed by atoms with Gasteiger partial charge in [0.2, 0.25) is 11.8 Å². The van der Waals surface area contributed by atoms with Gasteiger partial charge in [0.1, 0.15) is 17.5 Å². The van der Waals surface area contributed by atoms with E-state index in [2.05, 4.69) is 15.5 Å². The standard InChI is InChI=1S/C20H24N4O6S/c1-10-17-12(6-13(25)7-16(17)28-3)8-31-9-15(19-22-11(2)24-30-19)23-18(26)14(21)4-5-29-20(10)27/h6-8,14-15,25H,4-5,9,21H2,1-3H3,(H,23,26)/t14-,15-/m0/s1. The number of phenols is 1. The number of thioether (sulfide) groups is 1. The van der Waals surface area contributed by atoms with E-state index in [9.17, 15) is 14.7 Å². The van der Waals surface area contributed by atoms with Gasteiger partial charge in [0, 0.05) is 29.0 Å². The first kappa shape index (κ1) is 22.6. The molecule has 4 N–H and O–H groups in total. The number of fused-ring (bicyclic) bond motifs is 1. The summed E-state index contributed by atoms with van der Waals surface area (Å²) in [5.74, 6) is 0.386. The number of rotatable bonds is 2. The van der Waals surface area contributed by atoms with Crippen molar-refractivity contribution in [1.82, 2.24) is 15.5 Å². The number of phenolic OH excluding ortho intramolecular Hbond substituents is 1. The number of esters is 1. The number of aromatic nitrogens is 2. The molecule has 0 saturated heterocycles. The minimum Gasteiger partial charge on any atom is -0.508 e. The number of ether oxygens (including phenoxy) is 2. The third-order valence-corrected chi connectivity index (χ3v) is 5.59. The van der Waals surface area contributed by atoms with Crippen molar-refractivity contribution in [3.63, 3.8) is 0 Å². The van der Waals surface area contributed by atoms with E-state index in [-0.39, 0.29) is 24.7 Å². The first-order valence-corrected chi connectivity index (χ1v) is 10.6. The van der Waals surface area contributed by atoms with Crippen molar-refractivity contribution in [2.24, 2.45) is 5.73 Å². The molecule has 0 bridgehead atoms. The molecular formula is C20H24N4O6S. The first-order valence-electron chi connectivity index (χ1n) is 9.53. The maximum absolute atomic E-state index is 12.6. The van der Waals surface area contributed by atoms with Crippen molar-refractivity contribution in [1.29, 1.82) is 0 Å². The molecule has 2 atom stereocenters. The molecule has 1 aliphatic heterocycles. The number of amides is 1. The van der Waals surface area contributed by atoms with Crippen LogP contribution in [0.15, 0.2) is 16.7 Å². The Morgan fingerprint density at radius 3 is 2.77 bits per heavy atom. The molecule has 0 saturated carbocycles. The Hall–Kier alpha value is -3.05. The van der Waals surface area contributed by atoms with Gasteiger partial charge in [0.15, 0.2) is 5.82 Å². The predicted molar refractivity (Wildman–Crippen MR) is 113 cm³/mol. The van der Waals surface area contributed by atoms with Crippen LogP contribution in [0.1, 0.15) is 31.1 Å². The zero-order valence-electron chi connectivity index (χ0n) is 17.4. The highest BCUT2D eigenvalue weighted by Crippen LogP contribution is 2.19. The van der Waals surface area contributed by atoms with Crippen LogP contribution >= 0.6 is 11.8 Å². The summed E-state index contributed by atoms with van der Waals surface area (Å²) in [6.07, 6.45) is 0.138. The fraction of sp³-hybridized carbons (Fsp3) is 0.400. The number of hydrogen-bond acceptors (Lipinski definition) is 10. The van der Waals surface area contributed by atoms with Crippen molar-refractivity contribution in [2.75, 3.05) is 19.5 Å². The number of nitrogens with one attached hydrogen (secondary N) is 1. The number of carbonyl (C=O) groups is 2. The highest BCUT2D eigenvalue weighted by molar-refractivity contribution is 8.06. The van der Waals surface area contributed by atoms with Crippen LogP contribution in [0.25, 0.3) is 11.0 Å². The lowest BCUT2D eigenvalue weighted by molar-refractivity contribution is -0.137. The monoisotopic (exact) mass is 448 g/mol. The normalized spacial score (nSPS) is 20.7. The van der Waals surface area contributed by atoms with E-state index in [0.717, 1.165) is 0 Å². The Kier molecular flexibility index (Phi) is 7.18. The summed E-state index contributed by atoms with van der Waals surface area (Å²) in [4.78, 5) is 29.3. The molecule has 2 aromatic rings. The zero-order chi connectivity index (χ0) is 22.5. The van der Waals surface area contributed by atoms with Gasteiger partial charge in [-0.3, -0.25) is 4.79 Å². The summed E-state index contributed by atoms with van der Waals surface area (Å²) < 4.78 is 15.9. The van der Waals surface area contributed by atoms with Crippen LogP contribution < -0.4 is 26.2 Å². The summed E-state index contributed by atoms with van der Waals surface area (Å²) >= 11 is 1.33. The second-order valence-electron chi connectivity index (χ2n) is 6.96. The predicted octanol–water partition coefficient (Wildman–Crippen LogP) is -0.134. The van der Waals surface area contributed by atoms with E-state index in [4.69, 9.17) is 19.7 Å². The molecule has 31 heavy (non-hydrogen) atoms. The summed E-state index contributed by atoms with van der Waals surface area (Å²) in [6, 6.07) is 1.49. The average molecular weight is 449 g/mol. The van der Waals surface area contributed by atoms with Crippen LogP contribution in [0.5, 0.6) is 11.5 Å². The molecule has 0 radical (unpaired) electrons. The van der Waals surface area contributed by atoms with Gasteiger partial charge in [-0.25, -0.2) is 4.79 Å². The minimum atomic E-state index is -0.879. The van der Waals surface area contributed by atoms with Crippen LogP contribution in [0.2, 0.25) is 0 Å². The Morgan fingerprint density at radius 1 is 1.32 bits per heavy atom. The fourth-order valence-electron chi connectivity index (χ4n) is 3.04.